The number of esters is 2. The van der Waals surface area contributed by atoms with Crippen molar-refractivity contribution in [3.05, 3.63) is 140 Å². The van der Waals surface area contributed by atoms with E-state index in [0.29, 0.717) is 44.4 Å². The highest BCUT2D eigenvalue weighted by Gasteiger charge is 2.55. The molecular weight excluding hydrogens is 906 g/mol. The van der Waals surface area contributed by atoms with E-state index in [9.17, 15) is 43.8 Å². The van der Waals surface area contributed by atoms with Gasteiger partial charge in [0.2, 0.25) is 5.91 Å². The molecule has 1 aromatic heterocycles. The molecule has 0 saturated carbocycles. The summed E-state index contributed by atoms with van der Waals surface area (Å²) in [6, 6.07) is 17.6. The van der Waals surface area contributed by atoms with Crippen LogP contribution < -0.4 is 30.5 Å². The molecule has 0 aliphatic carbocycles. The van der Waals surface area contributed by atoms with Crippen LogP contribution in [0.15, 0.2) is 111 Å². The number of allylic oxidation sites excluding steroid dienone is 1. The molecule has 4 aliphatic rings. The van der Waals surface area contributed by atoms with Crippen molar-refractivity contribution in [1.29, 1.82) is 0 Å². The largest absolute Gasteiger partial charge is 0.506 e. The summed E-state index contributed by atoms with van der Waals surface area (Å²) in [6.45, 7) is 6.14. The number of nitrogens with zero attached hydrogens (tertiary/aromatic N) is 1. The quantitative estimate of drug-likeness (QED) is 0.0305. The molecule has 20 heteroatoms. The minimum atomic E-state index is -1.46. The third-order valence-corrected chi connectivity index (χ3v) is 13.4. The molecule has 330 valence electrons. The Hall–Kier alpha value is -7.22. The Kier molecular flexibility index (Phi) is 10.9. The van der Waals surface area contributed by atoms with Crippen molar-refractivity contribution in [2.24, 2.45) is 0 Å². The number of amides is 3. The lowest BCUT2D eigenvalue weighted by molar-refractivity contribution is -0.150. The summed E-state index contributed by atoms with van der Waals surface area (Å²) in [5.74, 6) is -3.18. The van der Waals surface area contributed by atoms with E-state index in [1.165, 1.54) is 48.6 Å². The number of β-lactam (4-membered cyclic amide) rings is 1. The number of carboxylic acids is 1. The van der Waals surface area contributed by atoms with E-state index in [0.717, 1.165) is 11.0 Å². The first-order valence-electron chi connectivity index (χ1n) is 19.5. The van der Waals surface area contributed by atoms with Crippen LogP contribution in [0.1, 0.15) is 51.3 Å². The number of aliphatic carboxylic acids is 1. The molecule has 65 heavy (non-hydrogen) atoms. The summed E-state index contributed by atoms with van der Waals surface area (Å²) in [7, 11) is 0. The number of benzene rings is 4. The van der Waals surface area contributed by atoms with Gasteiger partial charge in [-0.05, 0) is 61.0 Å². The van der Waals surface area contributed by atoms with Gasteiger partial charge in [-0.25, -0.2) is 14.4 Å². The topological polar surface area (TPSA) is 237 Å². The number of carboxylic acid groups (broad SMARTS) is 1. The first-order valence-corrected chi connectivity index (χ1v) is 21.9. The Bertz CT molecular complexity index is 3030. The number of carbonyl (C=O) groups is 6. The lowest BCUT2D eigenvalue weighted by Crippen LogP contribution is -2.71. The molecule has 3 amide bonds. The molecule has 4 N–H and O–H groups in total. The molecule has 1 saturated heterocycles. The standard InChI is InChI=1S/C45H32ClN3O14S2/c1-19(2)59-23-4-7-29-34(12-23)61-35-13-24(60-20(3)50)5-8-30(35)45(29)28-9-6-25(14-26(28)44(58)63-45)64-17-22-18-65-41-37(40(54)49(41)38(22)42(55)56)48-36(52)16-47-39(53)27-10-21-11-31(46)32(51)15-33(21)62-43(27)57/h4-15,37,41,51H,1,16-18H2,2-3H3,(H,47,53)(H,48,52)(H,55,56). The third-order valence-electron chi connectivity index (χ3n) is 10.7. The fourth-order valence-corrected chi connectivity index (χ4v) is 10.6. The Morgan fingerprint density at radius 1 is 0.954 bits per heavy atom. The second-order valence-corrected chi connectivity index (χ2v) is 17.6. The van der Waals surface area contributed by atoms with E-state index in [2.05, 4.69) is 17.2 Å². The van der Waals surface area contributed by atoms with Crippen LogP contribution in [0, 0.1) is 0 Å². The Labute approximate surface area is 380 Å². The van der Waals surface area contributed by atoms with Crippen LogP contribution in [0.25, 0.3) is 11.0 Å². The van der Waals surface area contributed by atoms with Gasteiger partial charge in [-0.15, -0.1) is 23.5 Å². The maximum Gasteiger partial charge on any atom is 0.352 e. The highest BCUT2D eigenvalue weighted by atomic mass is 35.5. The molecule has 3 atom stereocenters. The summed E-state index contributed by atoms with van der Waals surface area (Å²) in [4.78, 5) is 91.6. The second-order valence-electron chi connectivity index (χ2n) is 15.1. The Morgan fingerprint density at radius 3 is 2.32 bits per heavy atom. The van der Waals surface area contributed by atoms with E-state index in [1.807, 2.05) is 0 Å². The van der Waals surface area contributed by atoms with Crippen LogP contribution in [0.3, 0.4) is 0 Å². The first kappa shape index (κ1) is 43.1. The average molecular weight is 938 g/mol. The number of carbonyl (C=O) groups excluding carboxylic acids is 5. The molecule has 0 bridgehead atoms. The first-order chi connectivity index (χ1) is 31.0. The minimum absolute atomic E-state index is 0.0112. The van der Waals surface area contributed by atoms with Crippen molar-refractivity contribution in [3.63, 3.8) is 0 Å². The molecule has 3 unspecified atom stereocenters. The zero-order valence-electron chi connectivity index (χ0n) is 33.8. The molecule has 5 heterocycles. The molecule has 17 nitrogen and oxygen atoms in total. The lowest BCUT2D eigenvalue weighted by atomic mass is 9.77. The molecule has 1 fully saturated rings. The number of nitrogens with one attached hydrogen (secondary N) is 2. The molecule has 9 rings (SSSR count). The molecule has 5 aromatic rings. The van der Waals surface area contributed by atoms with Crippen LogP contribution in [-0.4, -0.2) is 80.2 Å². The highest BCUT2D eigenvalue weighted by molar-refractivity contribution is 8.01. The summed E-state index contributed by atoms with van der Waals surface area (Å²) < 4.78 is 28.7. The van der Waals surface area contributed by atoms with E-state index in [-0.39, 0.29) is 56.0 Å². The zero-order chi connectivity index (χ0) is 46.1. The van der Waals surface area contributed by atoms with E-state index < -0.39 is 70.4 Å². The Morgan fingerprint density at radius 2 is 1.65 bits per heavy atom. The Balaban J connectivity index is 0.903. The number of ether oxygens (including phenoxy) is 4. The van der Waals surface area contributed by atoms with Crippen LogP contribution in [0.2, 0.25) is 5.02 Å². The van der Waals surface area contributed by atoms with Crippen molar-refractivity contribution >= 4 is 81.7 Å². The molecular formula is C45H32ClN3O14S2. The van der Waals surface area contributed by atoms with Crippen molar-refractivity contribution in [2.45, 2.75) is 35.8 Å². The molecule has 1 spiro atoms. The fraction of sp³-hybridized carbons (Fsp3) is 0.178. The molecule has 4 aromatic carbocycles. The minimum Gasteiger partial charge on any atom is -0.506 e. The zero-order valence-corrected chi connectivity index (χ0v) is 36.2. The van der Waals surface area contributed by atoms with Crippen molar-refractivity contribution in [3.8, 4) is 28.7 Å². The molecule has 4 aliphatic heterocycles. The van der Waals surface area contributed by atoms with Gasteiger partial charge in [-0.1, -0.05) is 24.2 Å². The van der Waals surface area contributed by atoms with Gasteiger partial charge >= 0.3 is 23.5 Å². The van der Waals surface area contributed by atoms with E-state index in [1.54, 1.807) is 55.5 Å². The van der Waals surface area contributed by atoms with Gasteiger partial charge in [0.05, 0.1) is 22.9 Å². The number of hydrogen-bond acceptors (Lipinski definition) is 15. The number of hydrogen-bond donors (Lipinski definition) is 4. The second kappa shape index (κ2) is 16.4. The number of aromatic hydroxyl groups is 1. The fourth-order valence-electron chi connectivity index (χ4n) is 7.98. The number of thioether (sulfide) groups is 2. The summed E-state index contributed by atoms with van der Waals surface area (Å²) >= 11 is 8.43. The van der Waals surface area contributed by atoms with E-state index in [4.69, 9.17) is 35.0 Å². The summed E-state index contributed by atoms with van der Waals surface area (Å²) in [5, 5.41) is 24.4. The van der Waals surface area contributed by atoms with Crippen LogP contribution in [0.4, 0.5) is 0 Å². The highest BCUT2D eigenvalue weighted by Crippen LogP contribution is 2.57. The van der Waals surface area contributed by atoms with Gasteiger partial charge in [0.25, 0.3) is 11.8 Å². The van der Waals surface area contributed by atoms with Crippen molar-refractivity contribution in [1.82, 2.24) is 15.5 Å². The van der Waals surface area contributed by atoms with Gasteiger partial charge in [0, 0.05) is 63.6 Å². The number of halogens is 1. The third kappa shape index (κ3) is 7.60. The average Bonchev–Trinajstić information content (AvgIpc) is 3.54. The number of phenols is 1. The predicted octanol–water partition coefficient (Wildman–Crippen LogP) is 5.82. The van der Waals surface area contributed by atoms with Crippen LogP contribution in [0.5, 0.6) is 28.7 Å². The number of phenolic OH excluding ortho intramolecular Hbond substituents is 1. The van der Waals surface area contributed by atoms with Gasteiger partial charge in [-0.3, -0.25) is 24.1 Å². The van der Waals surface area contributed by atoms with Crippen molar-refractivity contribution in [2.75, 3.05) is 18.1 Å². The summed E-state index contributed by atoms with van der Waals surface area (Å²) in [5.41, 5.74) is -0.954. The lowest BCUT2D eigenvalue weighted by Gasteiger charge is -2.49. The van der Waals surface area contributed by atoms with Crippen LogP contribution in [-0.2, 0) is 29.5 Å². The van der Waals surface area contributed by atoms with Gasteiger partial charge in [-0.2, -0.15) is 0 Å². The van der Waals surface area contributed by atoms with Gasteiger partial charge < -0.3 is 44.2 Å². The molecule has 0 radical (unpaired) electrons. The number of fused-ring (bicyclic) bond motifs is 8. The predicted molar refractivity (Wildman–Crippen MR) is 233 cm³/mol. The SMILES string of the molecule is C=C(C)Oc1ccc2c(c1)Oc1cc(OC(C)=O)ccc1C21OC(=O)c2cc(SCC3=C(C(=O)O)N4C(=O)C(NC(=O)CNC(=O)c5cc6cc(Cl)c(O)cc6oc5=O)C4SC3)ccc21. The van der Waals surface area contributed by atoms with E-state index >= 15 is 0 Å². The normalized spacial score (nSPS) is 18.9. The van der Waals surface area contributed by atoms with Gasteiger partial charge in [0.15, 0.2) is 5.60 Å². The summed E-state index contributed by atoms with van der Waals surface area (Å²) in [6.07, 6.45) is 0. The number of rotatable bonds is 11. The van der Waals surface area contributed by atoms with Crippen LogP contribution >= 0.6 is 35.1 Å². The smallest absolute Gasteiger partial charge is 0.352 e. The van der Waals surface area contributed by atoms with Gasteiger partial charge in [0.1, 0.15) is 57.0 Å². The van der Waals surface area contributed by atoms with Crippen molar-refractivity contribution < 1.29 is 62.3 Å². The maximum atomic E-state index is 13.8. The maximum absolute atomic E-state index is 13.8. The monoisotopic (exact) mass is 937 g/mol.